The Bertz CT molecular complexity index is 1070. The maximum atomic E-state index is 13.3. The molecule has 3 aromatic rings. The molecule has 0 fully saturated rings. The Labute approximate surface area is 173 Å². The molecule has 0 saturated heterocycles. The number of halogens is 2. The van der Waals surface area contributed by atoms with Crippen LogP contribution in [-0.4, -0.2) is 29.9 Å². The zero-order chi connectivity index (χ0) is 21.1. The highest BCUT2D eigenvalue weighted by molar-refractivity contribution is 6.31. The van der Waals surface area contributed by atoms with Crippen LogP contribution in [0.25, 0.3) is 0 Å². The number of para-hydroxylation sites is 1. The molecule has 0 bridgehead atoms. The molecule has 0 radical (unpaired) electrons. The normalized spacial score (nSPS) is 10.7. The monoisotopic (exact) mass is 417 g/mol. The van der Waals surface area contributed by atoms with Crippen LogP contribution < -0.4 is 14.8 Å². The number of methoxy groups -OCH3 is 2. The van der Waals surface area contributed by atoms with E-state index in [4.69, 9.17) is 21.1 Å². The summed E-state index contributed by atoms with van der Waals surface area (Å²) in [6.45, 7) is 3.99. The molecule has 1 heterocycles. The van der Waals surface area contributed by atoms with E-state index in [0.29, 0.717) is 40.0 Å². The molecule has 8 heteroatoms. The molecular weight excluding hydrogens is 397 g/mol. The molecule has 0 saturated carbocycles. The Morgan fingerprint density at radius 1 is 1.21 bits per heavy atom. The van der Waals surface area contributed by atoms with Crippen LogP contribution in [0.1, 0.15) is 27.3 Å². The zero-order valence-electron chi connectivity index (χ0n) is 16.5. The molecular formula is C21H21ClFN3O3. The number of ether oxygens (including phenoxy) is 2. The van der Waals surface area contributed by atoms with Crippen LogP contribution >= 0.6 is 11.6 Å². The van der Waals surface area contributed by atoms with Gasteiger partial charge in [-0.2, -0.15) is 5.10 Å². The molecule has 0 aliphatic heterocycles. The van der Waals surface area contributed by atoms with Gasteiger partial charge in [0.15, 0.2) is 11.5 Å². The van der Waals surface area contributed by atoms with Gasteiger partial charge in [0.1, 0.15) is 5.82 Å². The van der Waals surface area contributed by atoms with E-state index in [2.05, 4.69) is 10.4 Å². The number of nitrogens with one attached hydrogen (secondary N) is 1. The molecule has 29 heavy (non-hydrogen) atoms. The third-order valence-electron chi connectivity index (χ3n) is 4.60. The Kier molecular flexibility index (Phi) is 6.08. The number of amides is 1. The maximum absolute atomic E-state index is 13.3. The standard InChI is InChI=1S/C21H21ClFN3O3/c1-12-19(24-21(27)16-6-5-7-18(28-3)20(16)29-4)13(2)26(25-12)11-14-8-9-15(23)10-17(14)22/h5-10H,11H2,1-4H3,(H,24,27). The van der Waals surface area contributed by atoms with Crippen LogP contribution in [0.4, 0.5) is 10.1 Å². The summed E-state index contributed by atoms with van der Waals surface area (Å²) < 4.78 is 25.6. The molecule has 0 atom stereocenters. The Morgan fingerprint density at radius 2 is 1.97 bits per heavy atom. The highest BCUT2D eigenvalue weighted by Crippen LogP contribution is 2.32. The molecule has 1 N–H and O–H groups in total. The predicted molar refractivity (Wildman–Crippen MR) is 110 cm³/mol. The fourth-order valence-corrected chi connectivity index (χ4v) is 3.32. The van der Waals surface area contributed by atoms with E-state index in [-0.39, 0.29) is 5.91 Å². The fraction of sp³-hybridized carbons (Fsp3) is 0.238. The number of rotatable bonds is 6. The second-order valence-corrected chi connectivity index (χ2v) is 6.84. The first-order chi connectivity index (χ1) is 13.8. The van der Waals surface area contributed by atoms with Crippen LogP contribution in [0, 0.1) is 19.7 Å². The predicted octanol–water partition coefficient (Wildman–Crippen LogP) is 4.61. The number of hydrogen-bond donors (Lipinski definition) is 1. The van der Waals surface area contributed by atoms with Crippen LogP contribution in [0.15, 0.2) is 36.4 Å². The van der Waals surface area contributed by atoms with Crippen molar-refractivity contribution in [1.82, 2.24) is 9.78 Å². The minimum absolute atomic E-state index is 0.323. The first-order valence-corrected chi connectivity index (χ1v) is 9.23. The summed E-state index contributed by atoms with van der Waals surface area (Å²) in [5.74, 6) is 0.0853. The number of aryl methyl sites for hydroxylation is 1. The topological polar surface area (TPSA) is 65.4 Å². The number of aromatic nitrogens is 2. The quantitative estimate of drug-likeness (QED) is 0.636. The van der Waals surface area contributed by atoms with Crippen molar-refractivity contribution in [3.05, 3.63) is 69.8 Å². The van der Waals surface area contributed by atoms with Crippen LogP contribution in [0.3, 0.4) is 0 Å². The average Bonchev–Trinajstić information content (AvgIpc) is 2.96. The smallest absolute Gasteiger partial charge is 0.259 e. The Hall–Kier alpha value is -3.06. The van der Waals surface area contributed by atoms with Gasteiger partial charge in [-0.25, -0.2) is 4.39 Å². The largest absolute Gasteiger partial charge is 0.493 e. The number of carbonyl (C=O) groups excluding carboxylic acids is 1. The van der Waals surface area contributed by atoms with Gasteiger partial charge in [0.05, 0.1) is 43.4 Å². The number of carbonyl (C=O) groups is 1. The minimum atomic E-state index is -0.396. The third-order valence-corrected chi connectivity index (χ3v) is 4.95. The number of nitrogens with zero attached hydrogens (tertiary/aromatic N) is 2. The van der Waals surface area contributed by atoms with E-state index in [9.17, 15) is 9.18 Å². The summed E-state index contributed by atoms with van der Waals surface area (Å²) in [6, 6.07) is 9.33. The summed E-state index contributed by atoms with van der Waals surface area (Å²) in [5.41, 5.74) is 3.07. The molecule has 0 aliphatic rings. The molecule has 0 spiro atoms. The molecule has 152 valence electrons. The van der Waals surface area contributed by atoms with E-state index in [1.165, 1.54) is 26.4 Å². The second-order valence-electron chi connectivity index (χ2n) is 6.43. The summed E-state index contributed by atoms with van der Waals surface area (Å²) in [4.78, 5) is 12.9. The summed E-state index contributed by atoms with van der Waals surface area (Å²) in [7, 11) is 2.99. The average molecular weight is 418 g/mol. The summed E-state index contributed by atoms with van der Waals surface area (Å²) >= 11 is 6.13. The fourth-order valence-electron chi connectivity index (χ4n) is 3.09. The van der Waals surface area contributed by atoms with Crippen LogP contribution in [-0.2, 0) is 6.54 Å². The van der Waals surface area contributed by atoms with Gasteiger partial charge < -0.3 is 14.8 Å². The van der Waals surface area contributed by atoms with Crippen molar-refractivity contribution in [2.75, 3.05) is 19.5 Å². The number of benzene rings is 2. The van der Waals surface area contributed by atoms with Gasteiger partial charge in [-0.05, 0) is 43.7 Å². The van der Waals surface area contributed by atoms with E-state index in [1.54, 1.807) is 35.9 Å². The molecule has 1 amide bonds. The maximum Gasteiger partial charge on any atom is 0.259 e. The van der Waals surface area contributed by atoms with Crippen LogP contribution in [0.2, 0.25) is 5.02 Å². The lowest BCUT2D eigenvalue weighted by Crippen LogP contribution is -2.15. The van der Waals surface area contributed by atoms with Crippen LogP contribution in [0.5, 0.6) is 11.5 Å². The lowest BCUT2D eigenvalue weighted by molar-refractivity contribution is 0.102. The minimum Gasteiger partial charge on any atom is -0.493 e. The first kappa shape index (κ1) is 20.7. The molecule has 3 rings (SSSR count). The van der Waals surface area contributed by atoms with Gasteiger partial charge in [-0.1, -0.05) is 23.7 Å². The van der Waals surface area contributed by atoms with Crippen molar-refractivity contribution < 1.29 is 18.7 Å². The first-order valence-electron chi connectivity index (χ1n) is 8.86. The highest BCUT2D eigenvalue weighted by atomic mass is 35.5. The summed E-state index contributed by atoms with van der Waals surface area (Å²) in [5, 5.41) is 7.71. The van der Waals surface area contributed by atoms with Gasteiger partial charge in [0.2, 0.25) is 0 Å². The van der Waals surface area contributed by atoms with E-state index >= 15 is 0 Å². The van der Waals surface area contributed by atoms with Crippen molar-refractivity contribution in [2.45, 2.75) is 20.4 Å². The Balaban J connectivity index is 1.88. The third kappa shape index (κ3) is 4.19. The Morgan fingerprint density at radius 3 is 2.62 bits per heavy atom. The number of anilines is 1. The molecule has 0 unspecified atom stereocenters. The van der Waals surface area contributed by atoms with Crippen molar-refractivity contribution in [3.8, 4) is 11.5 Å². The van der Waals surface area contributed by atoms with E-state index in [0.717, 1.165) is 11.3 Å². The van der Waals surface area contributed by atoms with Crippen molar-refractivity contribution in [1.29, 1.82) is 0 Å². The highest BCUT2D eigenvalue weighted by Gasteiger charge is 2.20. The van der Waals surface area contributed by atoms with E-state index < -0.39 is 5.82 Å². The lowest BCUT2D eigenvalue weighted by Gasteiger charge is -2.13. The van der Waals surface area contributed by atoms with Crippen molar-refractivity contribution in [3.63, 3.8) is 0 Å². The van der Waals surface area contributed by atoms with Gasteiger partial charge in [-0.15, -0.1) is 0 Å². The lowest BCUT2D eigenvalue weighted by atomic mass is 10.1. The van der Waals surface area contributed by atoms with Gasteiger partial charge >= 0.3 is 0 Å². The van der Waals surface area contributed by atoms with Crippen molar-refractivity contribution >= 4 is 23.2 Å². The second kappa shape index (κ2) is 8.53. The van der Waals surface area contributed by atoms with Crippen molar-refractivity contribution in [2.24, 2.45) is 0 Å². The molecule has 2 aromatic carbocycles. The molecule has 1 aromatic heterocycles. The van der Waals surface area contributed by atoms with E-state index in [1.807, 2.05) is 6.92 Å². The summed E-state index contributed by atoms with van der Waals surface area (Å²) in [6.07, 6.45) is 0. The van der Waals surface area contributed by atoms with Gasteiger partial charge in [0, 0.05) is 5.02 Å². The SMILES string of the molecule is COc1cccc(C(=O)Nc2c(C)nn(Cc3ccc(F)cc3Cl)c2C)c1OC. The molecule has 0 aliphatic carbocycles. The number of hydrogen-bond acceptors (Lipinski definition) is 4. The van der Waals surface area contributed by atoms with Gasteiger partial charge in [0.25, 0.3) is 5.91 Å². The van der Waals surface area contributed by atoms with Gasteiger partial charge in [-0.3, -0.25) is 9.48 Å². The molecule has 6 nitrogen and oxygen atoms in total. The zero-order valence-corrected chi connectivity index (χ0v) is 17.3.